The van der Waals surface area contributed by atoms with E-state index < -0.39 is 12.6 Å². The van der Waals surface area contributed by atoms with Crippen molar-refractivity contribution in [2.45, 2.75) is 64.0 Å². The minimum absolute atomic E-state index is 0.225. The Kier molecular flexibility index (Phi) is 8.95. The third kappa shape index (κ3) is 7.63. The SMILES string of the molecule is CONC(=O)c1ccc(CCCCCCCCCC(F)(F)F)cc1-c1cc2ccccc2[nH]1. The lowest BCUT2D eigenvalue weighted by Crippen LogP contribution is -2.22. The van der Waals surface area contributed by atoms with Gasteiger partial charge in [-0.3, -0.25) is 9.63 Å². The van der Waals surface area contributed by atoms with Crippen LogP contribution in [0.5, 0.6) is 0 Å². The van der Waals surface area contributed by atoms with Gasteiger partial charge in [0.15, 0.2) is 0 Å². The van der Waals surface area contributed by atoms with Crippen molar-refractivity contribution in [1.82, 2.24) is 10.5 Å². The van der Waals surface area contributed by atoms with E-state index in [1.54, 1.807) is 0 Å². The summed E-state index contributed by atoms with van der Waals surface area (Å²) in [7, 11) is 1.41. The highest BCUT2D eigenvalue weighted by atomic mass is 19.4. The third-order valence-corrected chi connectivity index (χ3v) is 5.77. The Bertz CT molecular complexity index is 1010. The number of hydrogen-bond donors (Lipinski definition) is 2. The van der Waals surface area contributed by atoms with Crippen LogP contribution in [-0.4, -0.2) is 24.2 Å². The second-order valence-electron chi connectivity index (χ2n) is 8.38. The van der Waals surface area contributed by atoms with Crippen LogP contribution in [0.1, 0.15) is 67.3 Å². The van der Waals surface area contributed by atoms with Crippen LogP contribution >= 0.6 is 0 Å². The summed E-state index contributed by atoms with van der Waals surface area (Å²) < 4.78 is 36.5. The molecule has 2 N–H and O–H groups in total. The van der Waals surface area contributed by atoms with Gasteiger partial charge in [-0.25, -0.2) is 5.48 Å². The fourth-order valence-electron chi connectivity index (χ4n) is 4.07. The first-order chi connectivity index (χ1) is 15.9. The molecule has 0 aliphatic heterocycles. The highest BCUT2D eigenvalue weighted by molar-refractivity contribution is 6.01. The average molecular weight is 461 g/mol. The van der Waals surface area contributed by atoms with Crippen LogP contribution in [0.15, 0.2) is 48.5 Å². The Morgan fingerprint density at radius 2 is 1.64 bits per heavy atom. The summed E-state index contributed by atoms with van der Waals surface area (Å²) in [5.41, 5.74) is 6.78. The average Bonchev–Trinajstić information content (AvgIpc) is 3.21. The first-order valence-electron chi connectivity index (χ1n) is 11.5. The number of aromatic nitrogens is 1. The lowest BCUT2D eigenvalue weighted by atomic mass is 9.97. The van der Waals surface area contributed by atoms with E-state index in [0.717, 1.165) is 66.2 Å². The second kappa shape index (κ2) is 11.9. The maximum atomic E-state index is 12.5. The van der Waals surface area contributed by atoms with Gasteiger partial charge in [0.25, 0.3) is 5.91 Å². The standard InChI is InChI=1S/C26H31F3N2O2/c1-33-31-25(32)21-15-14-19(11-7-5-3-2-4-6-10-16-26(27,28)29)17-22(21)24-18-20-12-8-9-13-23(20)30-24/h8-9,12-15,17-18,30H,2-7,10-11,16H2,1H3,(H,31,32). The fraction of sp³-hybridized carbons (Fsp3) is 0.423. The first kappa shape index (κ1) is 24.8. The zero-order valence-electron chi connectivity index (χ0n) is 18.9. The van der Waals surface area contributed by atoms with E-state index in [1.807, 2.05) is 48.5 Å². The van der Waals surface area contributed by atoms with Crippen molar-refractivity contribution >= 4 is 16.8 Å². The zero-order chi connectivity index (χ0) is 23.7. The van der Waals surface area contributed by atoms with Crippen molar-refractivity contribution < 1.29 is 22.8 Å². The molecule has 0 fully saturated rings. The molecular formula is C26H31F3N2O2. The number of rotatable bonds is 12. The molecule has 7 heteroatoms. The van der Waals surface area contributed by atoms with Gasteiger partial charge in [-0.15, -0.1) is 0 Å². The minimum Gasteiger partial charge on any atom is -0.355 e. The normalized spacial score (nSPS) is 11.8. The Labute approximate surface area is 192 Å². The molecule has 1 amide bonds. The van der Waals surface area contributed by atoms with Crippen molar-refractivity contribution in [2.24, 2.45) is 0 Å². The molecule has 0 radical (unpaired) electrons. The number of hydrogen-bond acceptors (Lipinski definition) is 2. The number of aromatic amines is 1. The van der Waals surface area contributed by atoms with E-state index in [2.05, 4.69) is 10.5 Å². The third-order valence-electron chi connectivity index (χ3n) is 5.77. The van der Waals surface area contributed by atoms with Crippen LogP contribution in [0.4, 0.5) is 13.2 Å². The summed E-state index contributed by atoms with van der Waals surface area (Å²) >= 11 is 0. The van der Waals surface area contributed by atoms with Gasteiger partial charge >= 0.3 is 6.18 Å². The predicted octanol–water partition coefficient (Wildman–Crippen LogP) is 7.35. The van der Waals surface area contributed by atoms with Crippen molar-refractivity contribution in [1.29, 1.82) is 0 Å². The quantitative estimate of drug-likeness (QED) is 0.219. The molecule has 1 heterocycles. The lowest BCUT2D eigenvalue weighted by Gasteiger charge is -2.11. The Morgan fingerprint density at radius 1 is 0.939 bits per heavy atom. The largest absolute Gasteiger partial charge is 0.389 e. The van der Waals surface area contributed by atoms with Gasteiger partial charge in [-0.2, -0.15) is 13.2 Å². The molecule has 2 aromatic carbocycles. The lowest BCUT2D eigenvalue weighted by molar-refractivity contribution is -0.135. The van der Waals surface area contributed by atoms with Crippen molar-refractivity contribution in [3.63, 3.8) is 0 Å². The summed E-state index contributed by atoms with van der Waals surface area (Å²) in [4.78, 5) is 20.7. The number of amides is 1. The van der Waals surface area contributed by atoms with Crippen LogP contribution < -0.4 is 5.48 Å². The number of para-hydroxylation sites is 1. The van der Waals surface area contributed by atoms with E-state index in [-0.39, 0.29) is 12.3 Å². The number of halogens is 3. The van der Waals surface area contributed by atoms with Crippen LogP contribution in [0.25, 0.3) is 22.2 Å². The number of nitrogens with one attached hydrogen (secondary N) is 2. The van der Waals surface area contributed by atoms with Gasteiger partial charge in [0.05, 0.1) is 12.7 Å². The maximum Gasteiger partial charge on any atom is 0.389 e. The molecule has 4 nitrogen and oxygen atoms in total. The summed E-state index contributed by atoms with van der Waals surface area (Å²) in [5.74, 6) is -0.303. The molecule has 0 bridgehead atoms. The van der Waals surface area contributed by atoms with Crippen molar-refractivity contribution in [3.05, 3.63) is 59.7 Å². The summed E-state index contributed by atoms with van der Waals surface area (Å²) in [6, 6.07) is 15.8. The van der Waals surface area contributed by atoms with Crippen molar-refractivity contribution in [2.75, 3.05) is 7.11 Å². The topological polar surface area (TPSA) is 54.1 Å². The summed E-state index contributed by atoms with van der Waals surface area (Å²) in [5, 5.41) is 1.08. The number of hydroxylamine groups is 1. The smallest absolute Gasteiger partial charge is 0.355 e. The van der Waals surface area contributed by atoms with E-state index in [0.29, 0.717) is 12.0 Å². The van der Waals surface area contributed by atoms with Crippen LogP contribution in [0.3, 0.4) is 0 Å². The maximum absolute atomic E-state index is 12.5. The molecule has 0 unspecified atom stereocenters. The molecule has 1 aromatic heterocycles. The monoisotopic (exact) mass is 460 g/mol. The van der Waals surface area contributed by atoms with Crippen molar-refractivity contribution in [3.8, 4) is 11.3 Å². The van der Waals surface area contributed by atoms with Gasteiger partial charge in [-0.1, -0.05) is 56.4 Å². The molecule has 3 aromatic rings. The fourth-order valence-corrected chi connectivity index (χ4v) is 4.07. The van der Waals surface area contributed by atoms with Gasteiger partial charge in [0.1, 0.15) is 0 Å². The number of carbonyl (C=O) groups is 1. The van der Waals surface area contributed by atoms with E-state index in [1.165, 1.54) is 7.11 Å². The van der Waals surface area contributed by atoms with E-state index in [4.69, 9.17) is 4.84 Å². The molecule has 33 heavy (non-hydrogen) atoms. The van der Waals surface area contributed by atoms with Gasteiger partial charge < -0.3 is 4.98 Å². The highest BCUT2D eigenvalue weighted by Gasteiger charge is 2.25. The van der Waals surface area contributed by atoms with E-state index in [9.17, 15) is 18.0 Å². The molecular weight excluding hydrogens is 429 g/mol. The number of aryl methyl sites for hydroxylation is 1. The number of carbonyl (C=O) groups excluding carboxylic acids is 1. The molecule has 3 rings (SSSR count). The number of benzene rings is 2. The van der Waals surface area contributed by atoms with E-state index >= 15 is 0 Å². The summed E-state index contributed by atoms with van der Waals surface area (Å²) in [6.07, 6.45) is 1.91. The Balaban J connectivity index is 1.57. The van der Waals surface area contributed by atoms with Crippen LogP contribution in [0.2, 0.25) is 0 Å². The number of H-pyrrole nitrogens is 1. The number of unbranched alkanes of at least 4 members (excludes halogenated alkanes) is 6. The summed E-state index contributed by atoms with van der Waals surface area (Å²) in [6.45, 7) is 0. The van der Waals surface area contributed by atoms with Gasteiger partial charge in [0.2, 0.25) is 0 Å². The molecule has 0 spiro atoms. The molecule has 0 aliphatic carbocycles. The predicted molar refractivity (Wildman–Crippen MR) is 125 cm³/mol. The molecule has 0 aliphatic rings. The Hall–Kier alpha value is -2.80. The molecule has 0 saturated carbocycles. The molecule has 178 valence electrons. The number of fused-ring (bicyclic) bond motifs is 1. The zero-order valence-corrected chi connectivity index (χ0v) is 18.9. The van der Waals surface area contributed by atoms with Gasteiger partial charge in [0, 0.05) is 28.6 Å². The Morgan fingerprint density at radius 3 is 2.33 bits per heavy atom. The van der Waals surface area contributed by atoms with Gasteiger partial charge in [-0.05, 0) is 49.1 Å². The van der Waals surface area contributed by atoms with Crippen LogP contribution in [-0.2, 0) is 11.3 Å². The first-order valence-corrected chi connectivity index (χ1v) is 11.5. The minimum atomic E-state index is -4.04. The second-order valence-corrected chi connectivity index (χ2v) is 8.38. The number of alkyl halides is 3. The molecule has 0 saturated heterocycles. The molecule has 0 atom stereocenters. The van der Waals surface area contributed by atoms with Crippen LogP contribution in [0, 0.1) is 0 Å². The highest BCUT2D eigenvalue weighted by Crippen LogP contribution is 2.29.